The molecular formula is C13H15N3. The summed E-state index contributed by atoms with van der Waals surface area (Å²) < 4.78 is 0. The first-order valence-corrected chi connectivity index (χ1v) is 5.72. The van der Waals surface area contributed by atoms with Crippen LogP contribution in [0.25, 0.3) is 11.3 Å². The van der Waals surface area contributed by atoms with Gasteiger partial charge in [0.05, 0.1) is 11.4 Å². The van der Waals surface area contributed by atoms with Crippen molar-refractivity contribution in [3.05, 3.63) is 41.9 Å². The molecule has 1 aliphatic carbocycles. The average molecular weight is 213 g/mol. The van der Waals surface area contributed by atoms with Gasteiger partial charge in [0.2, 0.25) is 0 Å². The maximum absolute atomic E-state index is 5.75. The number of hydrogen-bond acceptors (Lipinski definition) is 2. The van der Waals surface area contributed by atoms with Gasteiger partial charge in [-0.2, -0.15) is 0 Å². The summed E-state index contributed by atoms with van der Waals surface area (Å²) in [6, 6.07) is 10.2. The van der Waals surface area contributed by atoms with E-state index in [1.54, 1.807) is 0 Å². The summed E-state index contributed by atoms with van der Waals surface area (Å²) in [6.45, 7) is 0.518. The molecule has 3 nitrogen and oxygen atoms in total. The molecular weight excluding hydrogens is 198 g/mol. The molecule has 3 rings (SSSR count). The van der Waals surface area contributed by atoms with E-state index >= 15 is 0 Å². The lowest BCUT2D eigenvalue weighted by Crippen LogP contribution is -1.98. The number of H-pyrrole nitrogens is 1. The number of aromatic nitrogens is 2. The Morgan fingerprint density at radius 1 is 1.25 bits per heavy atom. The molecule has 1 saturated carbocycles. The fourth-order valence-electron chi connectivity index (χ4n) is 1.96. The Labute approximate surface area is 94.7 Å². The molecule has 0 aliphatic heterocycles. The highest BCUT2D eigenvalue weighted by Gasteiger charge is 2.27. The van der Waals surface area contributed by atoms with Crippen LogP contribution in [0.15, 0.2) is 30.3 Å². The highest BCUT2D eigenvalue weighted by Crippen LogP contribution is 2.39. The largest absolute Gasteiger partial charge is 0.344 e. The quantitative estimate of drug-likeness (QED) is 0.822. The molecule has 0 spiro atoms. The van der Waals surface area contributed by atoms with E-state index in [4.69, 9.17) is 5.73 Å². The van der Waals surface area contributed by atoms with E-state index < -0.39 is 0 Å². The lowest BCUT2D eigenvalue weighted by Gasteiger charge is -1.98. The molecule has 0 atom stereocenters. The second-order valence-corrected chi connectivity index (χ2v) is 4.29. The molecule has 0 radical (unpaired) electrons. The average Bonchev–Trinajstić information content (AvgIpc) is 3.10. The predicted molar refractivity (Wildman–Crippen MR) is 63.9 cm³/mol. The molecule has 0 bridgehead atoms. The Bertz CT molecular complexity index is 483. The maximum atomic E-state index is 5.75. The molecule has 82 valence electrons. The fourth-order valence-corrected chi connectivity index (χ4v) is 1.96. The molecule has 1 aromatic carbocycles. The van der Waals surface area contributed by atoms with Crippen molar-refractivity contribution in [3.8, 4) is 11.3 Å². The number of aromatic amines is 1. The van der Waals surface area contributed by atoms with Crippen LogP contribution in [0.5, 0.6) is 0 Å². The molecule has 0 saturated heterocycles. The summed E-state index contributed by atoms with van der Waals surface area (Å²) in [4.78, 5) is 8.03. The topological polar surface area (TPSA) is 54.7 Å². The number of imidazole rings is 1. The van der Waals surface area contributed by atoms with Gasteiger partial charge in [-0.1, -0.05) is 30.3 Å². The molecule has 16 heavy (non-hydrogen) atoms. The Kier molecular flexibility index (Phi) is 2.26. The number of hydrogen-bond donors (Lipinski definition) is 2. The third-order valence-electron chi connectivity index (χ3n) is 3.01. The van der Waals surface area contributed by atoms with E-state index in [9.17, 15) is 0 Å². The van der Waals surface area contributed by atoms with E-state index in [1.165, 1.54) is 12.8 Å². The minimum absolute atomic E-state index is 0.518. The predicted octanol–water partition coefficient (Wildman–Crippen LogP) is 2.41. The minimum Gasteiger partial charge on any atom is -0.344 e. The van der Waals surface area contributed by atoms with Crippen molar-refractivity contribution in [1.82, 2.24) is 9.97 Å². The molecule has 3 heteroatoms. The van der Waals surface area contributed by atoms with Gasteiger partial charge in [0.15, 0.2) is 0 Å². The standard InChI is InChI=1S/C13H15N3/c14-8-11-12(9-4-2-1-3-5-9)16-13(15-11)10-6-7-10/h1-5,10H,6-8,14H2,(H,15,16). The molecule has 1 aromatic heterocycles. The summed E-state index contributed by atoms with van der Waals surface area (Å²) in [6.07, 6.45) is 2.51. The van der Waals surface area contributed by atoms with Crippen LogP contribution in [-0.4, -0.2) is 9.97 Å². The van der Waals surface area contributed by atoms with Gasteiger partial charge in [-0.25, -0.2) is 4.98 Å². The van der Waals surface area contributed by atoms with E-state index in [0.717, 1.165) is 22.8 Å². The minimum atomic E-state index is 0.518. The molecule has 0 amide bonds. The van der Waals surface area contributed by atoms with Crippen LogP contribution in [0, 0.1) is 0 Å². The highest BCUT2D eigenvalue weighted by molar-refractivity contribution is 5.62. The summed E-state index contributed by atoms with van der Waals surface area (Å²) in [5.74, 6) is 1.75. The van der Waals surface area contributed by atoms with Crippen LogP contribution >= 0.6 is 0 Å². The van der Waals surface area contributed by atoms with Crippen molar-refractivity contribution in [2.75, 3.05) is 0 Å². The third kappa shape index (κ3) is 1.63. The van der Waals surface area contributed by atoms with Crippen molar-refractivity contribution < 1.29 is 0 Å². The van der Waals surface area contributed by atoms with Crippen LogP contribution in [0.4, 0.5) is 0 Å². The van der Waals surface area contributed by atoms with Gasteiger partial charge in [-0.3, -0.25) is 0 Å². The zero-order valence-corrected chi connectivity index (χ0v) is 9.11. The van der Waals surface area contributed by atoms with Gasteiger partial charge in [-0.05, 0) is 12.8 Å². The van der Waals surface area contributed by atoms with Crippen molar-refractivity contribution in [1.29, 1.82) is 0 Å². The highest BCUT2D eigenvalue weighted by atomic mass is 15.0. The zero-order chi connectivity index (χ0) is 11.0. The number of nitrogens with one attached hydrogen (secondary N) is 1. The molecule has 0 unspecified atom stereocenters. The third-order valence-corrected chi connectivity index (χ3v) is 3.01. The van der Waals surface area contributed by atoms with E-state index in [0.29, 0.717) is 12.5 Å². The van der Waals surface area contributed by atoms with Gasteiger partial charge in [0.25, 0.3) is 0 Å². The van der Waals surface area contributed by atoms with Gasteiger partial charge in [0.1, 0.15) is 5.82 Å². The van der Waals surface area contributed by atoms with Crippen LogP contribution in [0.2, 0.25) is 0 Å². The summed E-state index contributed by atoms with van der Waals surface area (Å²) >= 11 is 0. The molecule has 2 aromatic rings. The first-order valence-electron chi connectivity index (χ1n) is 5.72. The molecule has 1 fully saturated rings. The van der Waals surface area contributed by atoms with Crippen molar-refractivity contribution in [2.45, 2.75) is 25.3 Å². The van der Waals surface area contributed by atoms with Gasteiger partial charge < -0.3 is 10.7 Å². The van der Waals surface area contributed by atoms with Gasteiger partial charge in [0, 0.05) is 18.0 Å². The fraction of sp³-hybridized carbons (Fsp3) is 0.308. The monoisotopic (exact) mass is 213 g/mol. The number of nitrogens with two attached hydrogens (primary N) is 1. The molecule has 3 N–H and O–H groups in total. The lowest BCUT2D eigenvalue weighted by atomic mass is 10.1. The second kappa shape index (κ2) is 3.76. The maximum Gasteiger partial charge on any atom is 0.110 e. The summed E-state index contributed by atoms with van der Waals surface area (Å²) in [5, 5.41) is 0. The van der Waals surface area contributed by atoms with Crippen LogP contribution in [0.1, 0.15) is 30.3 Å². The first kappa shape index (κ1) is 9.60. The van der Waals surface area contributed by atoms with E-state index in [2.05, 4.69) is 22.1 Å². The van der Waals surface area contributed by atoms with Crippen molar-refractivity contribution in [3.63, 3.8) is 0 Å². The summed E-state index contributed by atoms with van der Waals surface area (Å²) in [5.41, 5.74) is 8.96. The lowest BCUT2D eigenvalue weighted by molar-refractivity contribution is 0.940. The normalized spacial score (nSPS) is 15.3. The smallest absolute Gasteiger partial charge is 0.110 e. The van der Waals surface area contributed by atoms with E-state index in [1.807, 2.05) is 18.2 Å². The SMILES string of the molecule is NCc1[nH]c(C2CC2)nc1-c1ccccc1. The van der Waals surface area contributed by atoms with Crippen LogP contribution < -0.4 is 5.73 Å². The Balaban J connectivity index is 2.05. The molecule has 1 aliphatic rings. The Morgan fingerprint density at radius 2 is 2.00 bits per heavy atom. The Hall–Kier alpha value is -1.61. The van der Waals surface area contributed by atoms with Crippen molar-refractivity contribution in [2.24, 2.45) is 5.73 Å². The van der Waals surface area contributed by atoms with Crippen LogP contribution in [0.3, 0.4) is 0 Å². The first-order chi connectivity index (χ1) is 7.88. The van der Waals surface area contributed by atoms with Crippen LogP contribution in [-0.2, 0) is 6.54 Å². The van der Waals surface area contributed by atoms with Crippen molar-refractivity contribution >= 4 is 0 Å². The number of nitrogens with zero attached hydrogens (tertiary/aromatic N) is 1. The van der Waals surface area contributed by atoms with Gasteiger partial charge in [-0.15, -0.1) is 0 Å². The zero-order valence-electron chi connectivity index (χ0n) is 9.11. The number of benzene rings is 1. The number of rotatable bonds is 3. The Morgan fingerprint density at radius 3 is 2.62 bits per heavy atom. The van der Waals surface area contributed by atoms with Gasteiger partial charge >= 0.3 is 0 Å². The molecule has 1 heterocycles. The second-order valence-electron chi connectivity index (χ2n) is 4.29. The van der Waals surface area contributed by atoms with E-state index in [-0.39, 0.29) is 0 Å². The summed E-state index contributed by atoms with van der Waals surface area (Å²) in [7, 11) is 0.